The van der Waals surface area contributed by atoms with Gasteiger partial charge in [-0.3, -0.25) is 5.32 Å². The van der Waals surface area contributed by atoms with Gasteiger partial charge in [-0.2, -0.15) is 0 Å². The molecule has 0 radical (unpaired) electrons. The van der Waals surface area contributed by atoms with E-state index in [4.69, 9.17) is 4.74 Å². The van der Waals surface area contributed by atoms with Crippen LogP contribution in [0.2, 0.25) is 0 Å². The van der Waals surface area contributed by atoms with Gasteiger partial charge in [-0.1, -0.05) is 13.0 Å². The van der Waals surface area contributed by atoms with E-state index in [1.807, 2.05) is 52.8 Å². The Kier molecular flexibility index (Phi) is 5.56. The summed E-state index contributed by atoms with van der Waals surface area (Å²) in [4.78, 5) is 11.9. The Bertz CT molecular complexity index is 591. The normalized spacial score (nSPS) is 19.5. The lowest BCUT2D eigenvalue weighted by molar-refractivity contribution is 0.0528. The number of nitrogens with one attached hydrogen (secondary N) is 2. The Balaban J connectivity index is 1.99. The van der Waals surface area contributed by atoms with Crippen LogP contribution in [0.15, 0.2) is 18.2 Å². The number of carbonyl (C=O) groups is 1. The number of hydrogen-bond acceptors (Lipinski definition) is 4. The lowest BCUT2D eigenvalue weighted by Gasteiger charge is -2.25. The molecule has 0 saturated carbocycles. The van der Waals surface area contributed by atoms with Gasteiger partial charge in [0.1, 0.15) is 5.60 Å². The fraction of sp³-hybridized carbons (Fsp3) is 0.632. The Morgan fingerprint density at radius 1 is 1.33 bits per heavy atom. The van der Waals surface area contributed by atoms with Crippen molar-refractivity contribution in [3.8, 4) is 0 Å². The molecule has 2 rings (SSSR count). The van der Waals surface area contributed by atoms with Crippen LogP contribution >= 0.6 is 0 Å². The molecule has 1 aromatic carbocycles. The molecule has 134 valence electrons. The maximum atomic E-state index is 11.9. The molecule has 0 aromatic heterocycles. The number of aryl methyl sites for hydroxylation is 1. The third kappa shape index (κ3) is 5.21. The lowest BCUT2D eigenvalue weighted by atomic mass is 10.0. The van der Waals surface area contributed by atoms with Crippen LogP contribution in [0.1, 0.15) is 64.6 Å². The number of rotatable bonds is 5. The van der Waals surface area contributed by atoms with Gasteiger partial charge in [-0.05, 0) is 70.2 Å². The molecule has 24 heavy (non-hydrogen) atoms. The van der Waals surface area contributed by atoms with Gasteiger partial charge in [0.15, 0.2) is 0 Å². The van der Waals surface area contributed by atoms with Gasteiger partial charge in [0.2, 0.25) is 0 Å². The smallest absolute Gasteiger partial charge is 0.412 e. The van der Waals surface area contributed by atoms with Crippen molar-refractivity contribution in [2.24, 2.45) is 0 Å². The van der Waals surface area contributed by atoms with Crippen molar-refractivity contribution in [1.82, 2.24) is 5.32 Å². The second-order valence-corrected chi connectivity index (χ2v) is 7.86. The van der Waals surface area contributed by atoms with Gasteiger partial charge in [0, 0.05) is 18.3 Å². The molecular weight excluding hydrogens is 304 g/mol. The van der Waals surface area contributed by atoms with Gasteiger partial charge in [-0.25, -0.2) is 4.79 Å². The van der Waals surface area contributed by atoms with E-state index in [2.05, 4.69) is 10.6 Å². The second kappa shape index (κ2) is 7.11. The fourth-order valence-corrected chi connectivity index (χ4v) is 2.80. The molecule has 0 heterocycles. The minimum Gasteiger partial charge on any atom is -0.444 e. The van der Waals surface area contributed by atoms with E-state index < -0.39 is 17.3 Å². The molecule has 0 spiro atoms. The van der Waals surface area contributed by atoms with Crippen molar-refractivity contribution in [3.05, 3.63) is 29.3 Å². The molecule has 0 bridgehead atoms. The third-order valence-corrected chi connectivity index (χ3v) is 4.36. The number of benzene rings is 1. The minimum atomic E-state index is -0.680. The molecule has 0 aliphatic heterocycles. The SMILES string of the molecule is CCC(C)(O)CNC1CCc2cc(NC(=O)OC(C)(C)C)ccc21. The van der Waals surface area contributed by atoms with E-state index in [9.17, 15) is 9.90 Å². The molecule has 2 atom stereocenters. The summed E-state index contributed by atoms with van der Waals surface area (Å²) in [5, 5.41) is 16.4. The van der Waals surface area contributed by atoms with E-state index in [0.717, 1.165) is 24.9 Å². The largest absolute Gasteiger partial charge is 0.444 e. The van der Waals surface area contributed by atoms with Crippen LogP contribution in [0.5, 0.6) is 0 Å². The molecule has 5 heteroatoms. The van der Waals surface area contributed by atoms with Crippen LogP contribution in [0.25, 0.3) is 0 Å². The van der Waals surface area contributed by atoms with Crippen LogP contribution in [0.3, 0.4) is 0 Å². The summed E-state index contributed by atoms with van der Waals surface area (Å²) in [6.07, 6.45) is 2.25. The number of carbonyl (C=O) groups excluding carboxylic acids is 1. The quantitative estimate of drug-likeness (QED) is 0.766. The van der Waals surface area contributed by atoms with Crippen LogP contribution in [-0.4, -0.2) is 28.9 Å². The van der Waals surface area contributed by atoms with Gasteiger partial charge in [0.05, 0.1) is 5.60 Å². The first-order chi connectivity index (χ1) is 11.1. The molecule has 5 nitrogen and oxygen atoms in total. The summed E-state index contributed by atoms with van der Waals surface area (Å²) in [6, 6.07) is 6.22. The molecule has 0 saturated heterocycles. The van der Waals surface area contributed by atoms with E-state index in [1.165, 1.54) is 11.1 Å². The van der Waals surface area contributed by atoms with Gasteiger partial charge >= 0.3 is 6.09 Å². The Hall–Kier alpha value is -1.59. The highest BCUT2D eigenvalue weighted by atomic mass is 16.6. The zero-order chi connectivity index (χ0) is 18.0. The van der Waals surface area contributed by atoms with E-state index in [-0.39, 0.29) is 6.04 Å². The molecular formula is C19H30N2O3. The molecule has 1 aliphatic rings. The first-order valence-electron chi connectivity index (χ1n) is 8.68. The highest BCUT2D eigenvalue weighted by molar-refractivity contribution is 5.85. The van der Waals surface area contributed by atoms with Crippen LogP contribution < -0.4 is 10.6 Å². The van der Waals surface area contributed by atoms with E-state index in [0.29, 0.717) is 6.54 Å². The Labute approximate surface area is 144 Å². The number of amides is 1. The predicted octanol–water partition coefficient (Wildman–Crippen LogP) is 3.77. The molecule has 1 amide bonds. The minimum absolute atomic E-state index is 0.258. The van der Waals surface area contributed by atoms with Gasteiger partial charge in [-0.15, -0.1) is 0 Å². The summed E-state index contributed by atoms with van der Waals surface area (Å²) in [5.41, 5.74) is 2.05. The molecule has 0 fully saturated rings. The number of fused-ring (bicyclic) bond motifs is 1. The number of hydrogen-bond donors (Lipinski definition) is 3. The Morgan fingerprint density at radius 3 is 2.67 bits per heavy atom. The number of anilines is 1. The molecule has 1 aromatic rings. The monoisotopic (exact) mass is 334 g/mol. The number of ether oxygens (including phenoxy) is 1. The first-order valence-corrected chi connectivity index (χ1v) is 8.68. The molecule has 1 aliphatic carbocycles. The summed E-state index contributed by atoms with van der Waals surface area (Å²) in [5.74, 6) is 0. The van der Waals surface area contributed by atoms with Crippen LogP contribution in [-0.2, 0) is 11.2 Å². The van der Waals surface area contributed by atoms with Crippen molar-refractivity contribution >= 4 is 11.8 Å². The molecule has 3 N–H and O–H groups in total. The zero-order valence-electron chi connectivity index (χ0n) is 15.4. The van der Waals surface area contributed by atoms with Crippen LogP contribution in [0.4, 0.5) is 10.5 Å². The topological polar surface area (TPSA) is 70.6 Å². The van der Waals surface area contributed by atoms with E-state index in [1.54, 1.807) is 0 Å². The highest BCUT2D eigenvalue weighted by Crippen LogP contribution is 2.33. The van der Waals surface area contributed by atoms with Crippen molar-refractivity contribution in [1.29, 1.82) is 0 Å². The first kappa shape index (κ1) is 18.7. The van der Waals surface area contributed by atoms with Gasteiger partial charge < -0.3 is 15.2 Å². The fourth-order valence-electron chi connectivity index (χ4n) is 2.80. The van der Waals surface area contributed by atoms with Crippen molar-refractivity contribution < 1.29 is 14.6 Å². The maximum Gasteiger partial charge on any atom is 0.412 e. The average molecular weight is 334 g/mol. The lowest BCUT2D eigenvalue weighted by Crippen LogP contribution is -2.38. The van der Waals surface area contributed by atoms with Crippen LogP contribution in [0, 0.1) is 0 Å². The van der Waals surface area contributed by atoms with Crippen molar-refractivity contribution in [2.75, 3.05) is 11.9 Å². The standard InChI is InChI=1S/C19H30N2O3/c1-6-19(5,23)12-20-16-10-7-13-11-14(8-9-15(13)16)21-17(22)24-18(2,3)4/h8-9,11,16,20,23H,6-7,10,12H2,1-5H3,(H,21,22). The predicted molar refractivity (Wildman–Crippen MR) is 96.3 cm³/mol. The van der Waals surface area contributed by atoms with Gasteiger partial charge in [0.25, 0.3) is 0 Å². The summed E-state index contributed by atoms with van der Waals surface area (Å²) >= 11 is 0. The van der Waals surface area contributed by atoms with Crippen molar-refractivity contribution in [2.45, 2.75) is 71.1 Å². The highest BCUT2D eigenvalue weighted by Gasteiger charge is 2.26. The Morgan fingerprint density at radius 2 is 2.04 bits per heavy atom. The average Bonchev–Trinajstić information content (AvgIpc) is 2.85. The summed E-state index contributed by atoms with van der Waals surface area (Å²) < 4.78 is 5.28. The maximum absolute atomic E-state index is 11.9. The zero-order valence-corrected chi connectivity index (χ0v) is 15.4. The summed E-state index contributed by atoms with van der Waals surface area (Å²) in [7, 11) is 0. The van der Waals surface area contributed by atoms with E-state index >= 15 is 0 Å². The third-order valence-electron chi connectivity index (χ3n) is 4.36. The number of aliphatic hydroxyl groups is 1. The second-order valence-electron chi connectivity index (χ2n) is 7.86. The van der Waals surface area contributed by atoms with Crippen molar-refractivity contribution in [3.63, 3.8) is 0 Å². The summed E-state index contributed by atoms with van der Waals surface area (Å²) in [6.45, 7) is 9.94. The molecule has 2 unspecified atom stereocenters.